The van der Waals surface area contributed by atoms with Crippen molar-refractivity contribution in [3.05, 3.63) is 47.9 Å². The van der Waals surface area contributed by atoms with Gasteiger partial charge in [0.15, 0.2) is 0 Å². The van der Waals surface area contributed by atoms with Crippen LogP contribution < -0.4 is 15.4 Å². The highest BCUT2D eigenvalue weighted by atomic mass is 16.5. The molecule has 2 N–H and O–H groups in total. The molecule has 1 saturated heterocycles. The molecule has 0 aliphatic carbocycles. The van der Waals surface area contributed by atoms with Crippen molar-refractivity contribution in [2.45, 2.75) is 32.0 Å². The van der Waals surface area contributed by atoms with E-state index < -0.39 is 0 Å². The Labute approximate surface area is 147 Å². The maximum absolute atomic E-state index is 12.0. The van der Waals surface area contributed by atoms with Gasteiger partial charge in [0.2, 0.25) is 0 Å². The number of methoxy groups -OCH3 is 1. The van der Waals surface area contributed by atoms with Crippen LogP contribution in [0.3, 0.4) is 0 Å². The summed E-state index contributed by atoms with van der Waals surface area (Å²) in [5.74, 6) is 0.926. The number of likely N-dealkylation sites (tertiary alicyclic amines) is 1. The molecule has 7 heteroatoms. The van der Waals surface area contributed by atoms with Gasteiger partial charge in [-0.15, -0.1) is 0 Å². The number of carbonyl (C=O) groups is 1. The van der Waals surface area contributed by atoms with Gasteiger partial charge in [-0.2, -0.15) is 0 Å². The first-order valence-electron chi connectivity index (χ1n) is 8.52. The third kappa shape index (κ3) is 4.96. The van der Waals surface area contributed by atoms with E-state index in [4.69, 9.17) is 9.26 Å². The average molecular weight is 344 g/mol. The highest BCUT2D eigenvalue weighted by molar-refractivity contribution is 5.74. The number of amides is 2. The number of nitrogens with zero attached hydrogens (tertiary/aromatic N) is 2. The molecular weight excluding hydrogens is 320 g/mol. The van der Waals surface area contributed by atoms with Gasteiger partial charge in [-0.1, -0.05) is 23.4 Å². The van der Waals surface area contributed by atoms with E-state index in [9.17, 15) is 4.79 Å². The molecule has 1 aromatic carbocycles. The standard InChI is InChI=1S/C18H24N4O3/c1-24-17-5-3-2-4-14(17)13-22-9-6-15(7-10-22)20-18(23)19-12-16-8-11-25-21-16/h2-5,8,11,15H,6-7,9-10,12-13H2,1H3,(H2,19,20,23). The van der Waals surface area contributed by atoms with Crippen LogP contribution in [-0.4, -0.2) is 42.3 Å². The molecule has 1 aliphatic rings. The van der Waals surface area contributed by atoms with Crippen LogP contribution in [-0.2, 0) is 13.1 Å². The Morgan fingerprint density at radius 2 is 2.12 bits per heavy atom. The van der Waals surface area contributed by atoms with E-state index in [-0.39, 0.29) is 12.1 Å². The number of nitrogens with one attached hydrogen (secondary N) is 2. The molecule has 2 aromatic rings. The number of piperidine rings is 1. The molecular formula is C18H24N4O3. The van der Waals surface area contributed by atoms with E-state index in [1.54, 1.807) is 13.2 Å². The molecule has 0 unspecified atom stereocenters. The van der Waals surface area contributed by atoms with Crippen LogP contribution in [0.15, 0.2) is 41.1 Å². The van der Waals surface area contributed by atoms with Crippen molar-refractivity contribution in [2.24, 2.45) is 0 Å². The first-order chi connectivity index (χ1) is 12.2. The minimum atomic E-state index is -0.161. The zero-order valence-electron chi connectivity index (χ0n) is 14.4. The molecule has 2 heterocycles. The summed E-state index contributed by atoms with van der Waals surface area (Å²) in [4.78, 5) is 14.3. The van der Waals surface area contributed by atoms with Gasteiger partial charge in [-0.05, 0) is 18.9 Å². The van der Waals surface area contributed by atoms with Crippen molar-refractivity contribution >= 4 is 6.03 Å². The van der Waals surface area contributed by atoms with Crippen LogP contribution in [0, 0.1) is 0 Å². The third-order valence-corrected chi connectivity index (χ3v) is 4.43. The molecule has 0 spiro atoms. The number of hydrogen-bond donors (Lipinski definition) is 2. The zero-order chi connectivity index (χ0) is 17.5. The fourth-order valence-electron chi connectivity index (χ4n) is 3.05. The van der Waals surface area contributed by atoms with Gasteiger partial charge in [-0.25, -0.2) is 4.79 Å². The van der Waals surface area contributed by atoms with E-state index in [0.717, 1.165) is 38.2 Å². The van der Waals surface area contributed by atoms with Gasteiger partial charge < -0.3 is 19.9 Å². The maximum Gasteiger partial charge on any atom is 0.315 e. The lowest BCUT2D eigenvalue weighted by Gasteiger charge is -2.32. The van der Waals surface area contributed by atoms with Crippen LogP contribution in [0.2, 0.25) is 0 Å². The maximum atomic E-state index is 12.0. The number of carbonyl (C=O) groups excluding carboxylic acids is 1. The van der Waals surface area contributed by atoms with Gasteiger partial charge in [0.1, 0.15) is 17.7 Å². The molecule has 0 atom stereocenters. The van der Waals surface area contributed by atoms with Gasteiger partial charge >= 0.3 is 6.03 Å². The molecule has 25 heavy (non-hydrogen) atoms. The molecule has 0 bridgehead atoms. The lowest BCUT2D eigenvalue weighted by molar-refractivity contribution is 0.185. The lowest BCUT2D eigenvalue weighted by Crippen LogP contribution is -2.47. The third-order valence-electron chi connectivity index (χ3n) is 4.43. The molecule has 0 radical (unpaired) electrons. The van der Waals surface area contributed by atoms with Crippen LogP contribution in [0.5, 0.6) is 5.75 Å². The van der Waals surface area contributed by atoms with Crippen molar-refractivity contribution < 1.29 is 14.1 Å². The molecule has 0 saturated carbocycles. The number of para-hydroxylation sites is 1. The number of aromatic nitrogens is 1. The fourth-order valence-corrected chi connectivity index (χ4v) is 3.05. The minimum absolute atomic E-state index is 0.161. The Kier molecular flexibility index (Phi) is 5.90. The average Bonchev–Trinajstić information content (AvgIpc) is 3.16. The molecule has 7 nitrogen and oxygen atoms in total. The summed E-state index contributed by atoms with van der Waals surface area (Å²) in [5, 5.41) is 9.59. The molecule has 1 aromatic heterocycles. The lowest BCUT2D eigenvalue weighted by atomic mass is 10.0. The first-order valence-corrected chi connectivity index (χ1v) is 8.52. The second kappa shape index (κ2) is 8.53. The Balaban J connectivity index is 1.40. The monoisotopic (exact) mass is 344 g/mol. The highest BCUT2D eigenvalue weighted by Gasteiger charge is 2.21. The van der Waals surface area contributed by atoms with Gasteiger partial charge in [-0.3, -0.25) is 4.90 Å². The van der Waals surface area contributed by atoms with Crippen LogP contribution in [0.4, 0.5) is 4.79 Å². The van der Waals surface area contributed by atoms with Crippen molar-refractivity contribution in [2.75, 3.05) is 20.2 Å². The molecule has 134 valence electrons. The summed E-state index contributed by atoms with van der Waals surface area (Å²) in [7, 11) is 1.70. The van der Waals surface area contributed by atoms with E-state index in [1.165, 1.54) is 11.8 Å². The molecule has 1 fully saturated rings. The van der Waals surface area contributed by atoms with Crippen LogP contribution >= 0.6 is 0 Å². The van der Waals surface area contributed by atoms with Gasteiger partial charge in [0.25, 0.3) is 0 Å². The van der Waals surface area contributed by atoms with Crippen LogP contribution in [0.25, 0.3) is 0 Å². The quantitative estimate of drug-likeness (QED) is 0.839. The number of hydrogen-bond acceptors (Lipinski definition) is 5. The summed E-state index contributed by atoms with van der Waals surface area (Å²) >= 11 is 0. The minimum Gasteiger partial charge on any atom is -0.496 e. The van der Waals surface area contributed by atoms with Crippen LogP contribution in [0.1, 0.15) is 24.1 Å². The van der Waals surface area contributed by atoms with Crippen molar-refractivity contribution in [3.63, 3.8) is 0 Å². The normalized spacial score (nSPS) is 15.7. The molecule has 2 amide bonds. The zero-order valence-corrected chi connectivity index (χ0v) is 14.4. The van der Waals surface area contributed by atoms with Gasteiger partial charge in [0, 0.05) is 37.3 Å². The first kappa shape index (κ1) is 17.3. The molecule has 3 rings (SSSR count). The summed E-state index contributed by atoms with van der Waals surface area (Å²) in [6.45, 7) is 3.14. The van der Waals surface area contributed by atoms with Crippen molar-refractivity contribution in [1.82, 2.24) is 20.7 Å². The fraction of sp³-hybridized carbons (Fsp3) is 0.444. The summed E-state index contributed by atoms with van der Waals surface area (Å²) in [6, 6.07) is 9.87. The number of urea groups is 1. The summed E-state index contributed by atoms with van der Waals surface area (Å²) < 4.78 is 10.2. The molecule has 1 aliphatic heterocycles. The van der Waals surface area contributed by atoms with Crippen molar-refractivity contribution in [1.29, 1.82) is 0 Å². The summed E-state index contributed by atoms with van der Waals surface area (Å²) in [5.41, 5.74) is 1.91. The number of ether oxygens (including phenoxy) is 1. The SMILES string of the molecule is COc1ccccc1CN1CCC(NC(=O)NCc2ccon2)CC1. The van der Waals surface area contributed by atoms with Gasteiger partial charge in [0.05, 0.1) is 13.7 Å². The highest BCUT2D eigenvalue weighted by Crippen LogP contribution is 2.21. The number of rotatable bonds is 6. The number of benzene rings is 1. The predicted molar refractivity (Wildman–Crippen MR) is 93.2 cm³/mol. The van der Waals surface area contributed by atoms with E-state index in [0.29, 0.717) is 12.2 Å². The Morgan fingerprint density at radius 3 is 2.84 bits per heavy atom. The largest absolute Gasteiger partial charge is 0.496 e. The Hall–Kier alpha value is -2.54. The van der Waals surface area contributed by atoms with E-state index in [2.05, 4.69) is 26.8 Å². The smallest absolute Gasteiger partial charge is 0.315 e. The topological polar surface area (TPSA) is 79.6 Å². The summed E-state index contributed by atoms with van der Waals surface area (Å²) in [6.07, 6.45) is 3.37. The predicted octanol–water partition coefficient (Wildman–Crippen LogP) is 2.15. The Morgan fingerprint density at radius 1 is 1.32 bits per heavy atom. The second-order valence-electron chi connectivity index (χ2n) is 6.18. The van der Waals surface area contributed by atoms with E-state index in [1.807, 2.05) is 18.2 Å². The second-order valence-corrected chi connectivity index (χ2v) is 6.18. The van der Waals surface area contributed by atoms with Crippen molar-refractivity contribution in [3.8, 4) is 5.75 Å². The Bertz CT molecular complexity index is 667. The van der Waals surface area contributed by atoms with E-state index >= 15 is 0 Å².